The topological polar surface area (TPSA) is 87.0 Å². The van der Waals surface area contributed by atoms with Gasteiger partial charge in [-0.05, 0) is 30.7 Å². The van der Waals surface area contributed by atoms with Crippen LogP contribution in [0.5, 0.6) is 11.6 Å². The van der Waals surface area contributed by atoms with Crippen molar-refractivity contribution >= 4 is 5.69 Å². The normalized spacial score (nSPS) is 10.2. The number of benzene rings is 1. The van der Waals surface area contributed by atoms with Gasteiger partial charge in [-0.1, -0.05) is 0 Å². The van der Waals surface area contributed by atoms with Gasteiger partial charge in [-0.3, -0.25) is 0 Å². The van der Waals surface area contributed by atoms with Crippen molar-refractivity contribution in [2.75, 3.05) is 5.73 Å². The van der Waals surface area contributed by atoms with Crippen molar-refractivity contribution in [3.63, 3.8) is 0 Å². The minimum absolute atomic E-state index is 0.361. The van der Waals surface area contributed by atoms with Crippen LogP contribution in [-0.2, 0) is 6.54 Å². The van der Waals surface area contributed by atoms with Gasteiger partial charge in [0, 0.05) is 18.3 Å². The number of hydrogen-bond acceptors (Lipinski definition) is 5. The number of anilines is 1. The Bertz CT molecular complexity index is 528. The molecule has 1 aromatic heterocycles. The highest BCUT2D eigenvalue weighted by Crippen LogP contribution is 2.25. The maximum atomic E-state index is 5.67. The largest absolute Gasteiger partial charge is 0.439 e. The number of hydrogen-bond donors (Lipinski definition) is 2. The maximum absolute atomic E-state index is 5.67. The van der Waals surface area contributed by atoms with E-state index in [1.54, 1.807) is 12.1 Å². The van der Waals surface area contributed by atoms with Crippen LogP contribution in [0.25, 0.3) is 0 Å². The van der Waals surface area contributed by atoms with Crippen LogP contribution in [0, 0.1) is 6.92 Å². The summed E-state index contributed by atoms with van der Waals surface area (Å²) in [6.07, 6.45) is 1.43. The average molecular weight is 230 g/mol. The Morgan fingerprint density at radius 1 is 1.24 bits per heavy atom. The molecular weight excluding hydrogens is 216 g/mol. The number of nitrogen functional groups attached to an aromatic ring is 1. The summed E-state index contributed by atoms with van der Waals surface area (Å²) in [7, 11) is 0. The fraction of sp³-hybridized carbons (Fsp3) is 0.167. The third-order valence-electron chi connectivity index (χ3n) is 2.32. The first kappa shape index (κ1) is 11.3. The minimum Gasteiger partial charge on any atom is -0.439 e. The first-order chi connectivity index (χ1) is 8.19. The van der Waals surface area contributed by atoms with Gasteiger partial charge in [0.25, 0.3) is 0 Å². The van der Waals surface area contributed by atoms with Crippen LogP contribution >= 0.6 is 0 Å². The highest BCUT2D eigenvalue weighted by atomic mass is 16.5. The van der Waals surface area contributed by atoms with Gasteiger partial charge in [-0.15, -0.1) is 0 Å². The molecule has 0 atom stereocenters. The molecule has 1 heterocycles. The van der Waals surface area contributed by atoms with Gasteiger partial charge < -0.3 is 16.2 Å². The van der Waals surface area contributed by atoms with Crippen molar-refractivity contribution in [2.45, 2.75) is 13.5 Å². The molecule has 0 aliphatic heterocycles. The van der Waals surface area contributed by atoms with Crippen LogP contribution in [0.15, 0.2) is 30.6 Å². The first-order valence-electron chi connectivity index (χ1n) is 5.24. The van der Waals surface area contributed by atoms with Gasteiger partial charge in [-0.25, -0.2) is 9.97 Å². The Morgan fingerprint density at radius 2 is 2.06 bits per heavy atom. The monoisotopic (exact) mass is 230 g/mol. The van der Waals surface area contributed by atoms with Crippen LogP contribution < -0.4 is 16.2 Å². The highest BCUT2D eigenvalue weighted by Gasteiger charge is 2.03. The van der Waals surface area contributed by atoms with E-state index in [1.165, 1.54) is 6.33 Å². The van der Waals surface area contributed by atoms with E-state index in [0.29, 0.717) is 18.1 Å². The summed E-state index contributed by atoms with van der Waals surface area (Å²) < 4.78 is 5.64. The summed E-state index contributed by atoms with van der Waals surface area (Å²) in [5.74, 6) is 1.20. The van der Waals surface area contributed by atoms with E-state index in [-0.39, 0.29) is 0 Å². The molecule has 2 rings (SSSR count). The SMILES string of the molecule is Cc1cc(N)ccc1Oc1cc(CN)ncn1. The first-order valence-corrected chi connectivity index (χ1v) is 5.24. The van der Waals surface area contributed by atoms with Gasteiger partial charge in [0.1, 0.15) is 12.1 Å². The van der Waals surface area contributed by atoms with E-state index in [9.17, 15) is 0 Å². The number of ether oxygens (including phenoxy) is 1. The lowest BCUT2D eigenvalue weighted by atomic mass is 10.2. The molecule has 0 saturated carbocycles. The third kappa shape index (κ3) is 2.70. The third-order valence-corrected chi connectivity index (χ3v) is 2.32. The Kier molecular flexibility index (Phi) is 3.20. The molecule has 0 radical (unpaired) electrons. The molecule has 0 saturated heterocycles. The van der Waals surface area contributed by atoms with Crippen LogP contribution in [0.3, 0.4) is 0 Å². The van der Waals surface area contributed by atoms with Crippen molar-refractivity contribution in [1.82, 2.24) is 9.97 Å². The maximum Gasteiger partial charge on any atom is 0.222 e. The standard InChI is InChI=1S/C12H14N4O/c1-8-4-9(14)2-3-11(8)17-12-5-10(6-13)15-7-16-12/h2-5,7H,6,13-14H2,1H3. The van der Waals surface area contributed by atoms with Crippen molar-refractivity contribution in [3.8, 4) is 11.6 Å². The van der Waals surface area contributed by atoms with Gasteiger partial charge in [-0.2, -0.15) is 0 Å². The number of nitrogens with two attached hydrogens (primary N) is 2. The minimum atomic E-state index is 0.361. The van der Waals surface area contributed by atoms with Gasteiger partial charge >= 0.3 is 0 Å². The molecule has 1 aromatic carbocycles. The lowest BCUT2D eigenvalue weighted by molar-refractivity contribution is 0.457. The van der Waals surface area contributed by atoms with Crippen LogP contribution in [0.4, 0.5) is 5.69 Å². The van der Waals surface area contributed by atoms with Gasteiger partial charge in [0.05, 0.1) is 5.69 Å². The smallest absolute Gasteiger partial charge is 0.222 e. The lowest BCUT2D eigenvalue weighted by Gasteiger charge is -2.08. The van der Waals surface area contributed by atoms with Crippen LogP contribution in [0.1, 0.15) is 11.3 Å². The average Bonchev–Trinajstić information content (AvgIpc) is 2.33. The second kappa shape index (κ2) is 4.80. The second-order valence-electron chi connectivity index (χ2n) is 3.68. The molecular formula is C12H14N4O. The van der Waals surface area contributed by atoms with E-state index >= 15 is 0 Å². The summed E-state index contributed by atoms with van der Waals surface area (Å²) in [5.41, 5.74) is 13.6. The zero-order chi connectivity index (χ0) is 12.3. The molecule has 0 fully saturated rings. The van der Waals surface area contributed by atoms with E-state index in [0.717, 1.165) is 17.0 Å². The summed E-state index contributed by atoms with van der Waals surface area (Å²) in [6, 6.07) is 7.17. The Balaban J connectivity index is 2.25. The summed E-state index contributed by atoms with van der Waals surface area (Å²) in [4.78, 5) is 8.03. The molecule has 2 aromatic rings. The fourth-order valence-electron chi connectivity index (χ4n) is 1.44. The molecule has 17 heavy (non-hydrogen) atoms. The fourth-order valence-corrected chi connectivity index (χ4v) is 1.44. The molecule has 0 aliphatic carbocycles. The zero-order valence-corrected chi connectivity index (χ0v) is 9.55. The van der Waals surface area contributed by atoms with E-state index < -0.39 is 0 Å². The molecule has 0 spiro atoms. The predicted octanol–water partition coefficient (Wildman–Crippen LogP) is 1.62. The quantitative estimate of drug-likeness (QED) is 0.782. The summed E-state index contributed by atoms with van der Waals surface area (Å²) >= 11 is 0. The molecule has 0 unspecified atom stereocenters. The predicted molar refractivity (Wildman–Crippen MR) is 65.6 cm³/mol. The van der Waals surface area contributed by atoms with Crippen molar-refractivity contribution in [1.29, 1.82) is 0 Å². The van der Waals surface area contributed by atoms with Crippen LogP contribution in [0.2, 0.25) is 0 Å². The molecule has 88 valence electrons. The number of rotatable bonds is 3. The molecule has 5 nitrogen and oxygen atoms in total. The molecule has 5 heteroatoms. The Hall–Kier alpha value is -2.14. The van der Waals surface area contributed by atoms with Crippen molar-refractivity contribution < 1.29 is 4.74 Å². The Morgan fingerprint density at radius 3 is 2.76 bits per heavy atom. The summed E-state index contributed by atoms with van der Waals surface area (Å²) in [5, 5.41) is 0. The van der Waals surface area contributed by atoms with E-state index in [4.69, 9.17) is 16.2 Å². The highest BCUT2D eigenvalue weighted by molar-refractivity contribution is 5.48. The molecule has 0 bridgehead atoms. The van der Waals surface area contributed by atoms with Crippen LogP contribution in [-0.4, -0.2) is 9.97 Å². The summed E-state index contributed by atoms with van der Waals surface area (Å²) in [6.45, 7) is 2.29. The lowest BCUT2D eigenvalue weighted by Crippen LogP contribution is -2.01. The number of nitrogens with zero attached hydrogens (tertiary/aromatic N) is 2. The van der Waals surface area contributed by atoms with E-state index in [2.05, 4.69) is 9.97 Å². The van der Waals surface area contributed by atoms with Crippen molar-refractivity contribution in [2.24, 2.45) is 5.73 Å². The molecule has 4 N–H and O–H groups in total. The number of aryl methyl sites for hydroxylation is 1. The van der Waals surface area contributed by atoms with Gasteiger partial charge in [0.15, 0.2) is 0 Å². The van der Waals surface area contributed by atoms with Crippen molar-refractivity contribution in [3.05, 3.63) is 41.9 Å². The second-order valence-corrected chi connectivity index (χ2v) is 3.68. The zero-order valence-electron chi connectivity index (χ0n) is 9.55. The molecule has 0 amide bonds. The van der Waals surface area contributed by atoms with Gasteiger partial charge in [0.2, 0.25) is 5.88 Å². The number of aromatic nitrogens is 2. The molecule has 0 aliphatic rings. The Labute approximate surface area is 99.5 Å². The van der Waals surface area contributed by atoms with E-state index in [1.807, 2.05) is 19.1 Å².